The number of methoxy groups -OCH3 is 1. The third-order valence-corrected chi connectivity index (χ3v) is 9.01. The summed E-state index contributed by atoms with van der Waals surface area (Å²) in [5.41, 5.74) is -0.801. The highest BCUT2D eigenvalue weighted by atomic mass is 16.6. The van der Waals surface area contributed by atoms with Crippen molar-refractivity contribution in [1.29, 1.82) is 0 Å². The molecule has 2 aliphatic heterocycles. The molecule has 1 saturated heterocycles. The molecule has 0 aliphatic carbocycles. The number of fused-ring (bicyclic) bond motifs is 2. The highest BCUT2D eigenvalue weighted by molar-refractivity contribution is 6.15. The van der Waals surface area contributed by atoms with Crippen LogP contribution in [0.5, 0.6) is 5.75 Å². The summed E-state index contributed by atoms with van der Waals surface area (Å²) in [6.45, 7) is 5.18. The lowest BCUT2D eigenvalue weighted by Gasteiger charge is -2.39. The number of rotatable bonds is 10. The van der Waals surface area contributed by atoms with Gasteiger partial charge in [0.25, 0.3) is 11.6 Å². The third-order valence-electron chi connectivity index (χ3n) is 9.01. The van der Waals surface area contributed by atoms with E-state index >= 15 is 4.79 Å². The van der Waals surface area contributed by atoms with Crippen molar-refractivity contribution < 1.29 is 33.5 Å². The van der Waals surface area contributed by atoms with Crippen LogP contribution in [0.15, 0.2) is 97.1 Å². The number of esters is 2. The van der Waals surface area contributed by atoms with Crippen molar-refractivity contribution in [3.8, 4) is 5.75 Å². The minimum Gasteiger partial charge on any atom is -0.497 e. The quantitative estimate of drug-likeness (QED) is 0.102. The number of carbonyl (C=O) groups is 3. The van der Waals surface area contributed by atoms with Gasteiger partial charge in [-0.15, -0.1) is 0 Å². The second kappa shape index (κ2) is 13.0. The average Bonchev–Trinajstić information content (AvgIpc) is 3.56. The summed E-state index contributed by atoms with van der Waals surface area (Å²) in [5.74, 6) is -1.83. The molecule has 0 aromatic heterocycles. The molecular weight excluding hydrogens is 628 g/mol. The fourth-order valence-electron chi connectivity index (χ4n) is 6.95. The van der Waals surface area contributed by atoms with E-state index in [9.17, 15) is 19.7 Å². The number of hydrogen-bond acceptors (Lipinski definition) is 10. The van der Waals surface area contributed by atoms with Gasteiger partial charge in [0.15, 0.2) is 0 Å². The van der Waals surface area contributed by atoms with E-state index in [0.717, 1.165) is 11.1 Å². The Labute approximate surface area is 283 Å². The van der Waals surface area contributed by atoms with Gasteiger partial charge in [-0.3, -0.25) is 20.2 Å². The Morgan fingerprint density at radius 3 is 2.08 bits per heavy atom. The first-order valence-corrected chi connectivity index (χ1v) is 15.9. The number of nitro benzene ring substituents is 1. The van der Waals surface area contributed by atoms with Crippen LogP contribution in [0.4, 0.5) is 17.1 Å². The van der Waals surface area contributed by atoms with Crippen LogP contribution >= 0.6 is 0 Å². The van der Waals surface area contributed by atoms with Crippen molar-refractivity contribution in [3.05, 3.63) is 129 Å². The highest BCUT2D eigenvalue weighted by Crippen LogP contribution is 2.57. The number of carbonyl (C=O) groups excluding carboxylic acids is 3. The second-order valence-corrected chi connectivity index (χ2v) is 11.8. The molecule has 1 N–H and O–H groups in total. The summed E-state index contributed by atoms with van der Waals surface area (Å²) in [5, 5.41) is 15.0. The zero-order valence-electron chi connectivity index (χ0n) is 27.5. The van der Waals surface area contributed by atoms with Gasteiger partial charge in [-0.05, 0) is 61.7 Å². The van der Waals surface area contributed by atoms with Crippen LogP contribution in [-0.4, -0.2) is 48.6 Å². The molecule has 49 heavy (non-hydrogen) atoms. The maximum atomic E-state index is 15.4. The molecular formula is C37H36N4O8. The molecule has 0 radical (unpaired) electrons. The Balaban J connectivity index is 1.71. The van der Waals surface area contributed by atoms with Crippen molar-refractivity contribution in [1.82, 2.24) is 5.32 Å². The number of nitrogens with one attached hydrogen (secondary N) is 1. The first-order chi connectivity index (χ1) is 23.6. The fraction of sp³-hybridized carbons (Fsp3) is 0.270. The Bertz CT molecular complexity index is 1880. The Hall–Kier alpha value is -5.75. The van der Waals surface area contributed by atoms with Crippen molar-refractivity contribution in [2.45, 2.75) is 44.6 Å². The van der Waals surface area contributed by atoms with Crippen LogP contribution in [0, 0.1) is 17.0 Å². The highest BCUT2D eigenvalue weighted by Gasteiger charge is 2.74. The number of para-hydroxylation sites is 1. The number of nitro groups is 1. The van der Waals surface area contributed by atoms with E-state index in [1.807, 2.05) is 49.4 Å². The predicted octanol–water partition coefficient (Wildman–Crippen LogP) is 5.33. The number of non-ortho nitro benzene ring substituents is 1. The van der Waals surface area contributed by atoms with Gasteiger partial charge in [-0.2, -0.15) is 0 Å². The Kier molecular flexibility index (Phi) is 8.83. The van der Waals surface area contributed by atoms with Crippen LogP contribution < -0.4 is 19.9 Å². The molecule has 0 saturated carbocycles. The monoisotopic (exact) mass is 664 g/mol. The molecule has 2 heterocycles. The topological polar surface area (TPSA) is 141 Å². The van der Waals surface area contributed by atoms with Gasteiger partial charge in [0.1, 0.15) is 5.75 Å². The van der Waals surface area contributed by atoms with Gasteiger partial charge >= 0.3 is 11.9 Å². The number of anilines is 2. The second-order valence-electron chi connectivity index (χ2n) is 11.8. The number of nitrogens with zero attached hydrogens (tertiary/aromatic N) is 3. The molecule has 6 rings (SSSR count). The van der Waals surface area contributed by atoms with Crippen LogP contribution in [-0.2, 0) is 36.1 Å². The molecule has 12 heteroatoms. The van der Waals surface area contributed by atoms with E-state index < -0.39 is 40.0 Å². The van der Waals surface area contributed by atoms with Crippen LogP contribution in [0.1, 0.15) is 42.1 Å². The van der Waals surface area contributed by atoms with Gasteiger partial charge in [0.2, 0.25) is 11.2 Å². The SMILES string of the molecule is CCOC(=O)C1(C(=O)OCC)N[C@]2(C(=O)N(Cc3ccccc3)c3c(C)cccc32)N(c2ccc(OC)cc2)[C@H]1c1ccc([N+](=O)[O-])cc1. The number of amides is 1. The first-order valence-electron chi connectivity index (χ1n) is 15.9. The lowest BCUT2D eigenvalue weighted by Crippen LogP contribution is -2.64. The van der Waals surface area contributed by atoms with E-state index in [1.165, 1.54) is 31.4 Å². The molecule has 0 unspecified atom stereocenters. The Morgan fingerprint density at radius 1 is 0.878 bits per heavy atom. The molecule has 12 nitrogen and oxygen atoms in total. The molecule has 0 bridgehead atoms. The Morgan fingerprint density at radius 2 is 1.51 bits per heavy atom. The maximum Gasteiger partial charge on any atom is 0.340 e. The van der Waals surface area contributed by atoms with E-state index in [2.05, 4.69) is 5.32 Å². The van der Waals surface area contributed by atoms with Crippen molar-refractivity contribution in [2.75, 3.05) is 30.1 Å². The molecule has 1 amide bonds. The van der Waals surface area contributed by atoms with Gasteiger partial charge in [-0.25, -0.2) is 9.59 Å². The summed E-state index contributed by atoms with van der Waals surface area (Å²) < 4.78 is 16.7. The van der Waals surface area contributed by atoms with E-state index in [0.29, 0.717) is 28.3 Å². The normalized spacial score (nSPS) is 19.1. The molecule has 1 spiro atoms. The minimum atomic E-state index is -2.32. The predicted molar refractivity (Wildman–Crippen MR) is 181 cm³/mol. The summed E-state index contributed by atoms with van der Waals surface area (Å²) >= 11 is 0. The smallest absolute Gasteiger partial charge is 0.340 e. The first kappa shape index (κ1) is 33.2. The summed E-state index contributed by atoms with van der Waals surface area (Å²) in [6.07, 6.45) is 0. The van der Waals surface area contributed by atoms with E-state index in [-0.39, 0.29) is 25.4 Å². The van der Waals surface area contributed by atoms with Crippen LogP contribution in [0.3, 0.4) is 0 Å². The zero-order valence-corrected chi connectivity index (χ0v) is 27.5. The summed E-state index contributed by atoms with van der Waals surface area (Å²) in [4.78, 5) is 58.8. The number of aryl methyl sites for hydroxylation is 1. The van der Waals surface area contributed by atoms with Crippen molar-refractivity contribution in [3.63, 3.8) is 0 Å². The molecule has 4 aromatic rings. The van der Waals surface area contributed by atoms with Gasteiger partial charge in [0.05, 0.1) is 43.5 Å². The number of ether oxygens (including phenoxy) is 3. The number of hydrogen-bond donors (Lipinski definition) is 1. The fourth-order valence-corrected chi connectivity index (χ4v) is 6.95. The van der Waals surface area contributed by atoms with Crippen molar-refractivity contribution >= 4 is 34.9 Å². The zero-order chi connectivity index (χ0) is 34.9. The van der Waals surface area contributed by atoms with E-state index in [1.54, 1.807) is 54.0 Å². The maximum absolute atomic E-state index is 15.4. The molecule has 1 fully saturated rings. The molecule has 2 aliphatic rings. The molecule has 2 atom stereocenters. The standard InChI is InChI=1S/C37H36N4O8/c1-5-48-34(43)36(35(44)49-6-2)32(26-15-17-28(18-16-26)41(45)46)40(27-19-21-29(47-4)22-20-27)37(38-36)30-14-10-11-24(3)31(30)39(33(37)42)23-25-12-8-7-9-13-25/h7-22,32,38H,5-6,23H2,1-4H3/t32-,37-/m0/s1. The third kappa shape index (κ3) is 5.24. The molecule has 4 aromatic carbocycles. The summed E-state index contributed by atoms with van der Waals surface area (Å²) in [6, 6.07) is 26.2. The van der Waals surface area contributed by atoms with Gasteiger partial charge in [-0.1, -0.05) is 60.7 Å². The van der Waals surface area contributed by atoms with Gasteiger partial charge in [0, 0.05) is 23.4 Å². The van der Waals surface area contributed by atoms with Gasteiger partial charge < -0.3 is 24.0 Å². The van der Waals surface area contributed by atoms with Crippen LogP contribution in [0.2, 0.25) is 0 Å². The van der Waals surface area contributed by atoms with E-state index in [4.69, 9.17) is 14.2 Å². The van der Waals surface area contributed by atoms with Crippen LogP contribution in [0.25, 0.3) is 0 Å². The largest absolute Gasteiger partial charge is 0.497 e. The molecule has 252 valence electrons. The lowest BCUT2D eigenvalue weighted by molar-refractivity contribution is -0.384. The number of benzene rings is 4. The van der Waals surface area contributed by atoms with Crippen molar-refractivity contribution in [2.24, 2.45) is 0 Å². The average molecular weight is 665 g/mol. The minimum absolute atomic E-state index is 0.0754. The summed E-state index contributed by atoms with van der Waals surface area (Å²) in [7, 11) is 1.53. The lowest BCUT2D eigenvalue weighted by atomic mass is 9.85.